The molecule has 3 heteroatoms. The average Bonchev–Trinajstić information content (AvgIpc) is 2.24. The third kappa shape index (κ3) is 2.24. The molecule has 0 N–H and O–H groups in total. The van der Waals surface area contributed by atoms with Gasteiger partial charge in [0.15, 0.2) is 11.8 Å². The summed E-state index contributed by atoms with van der Waals surface area (Å²) >= 11 is 0. The number of hydrogen-bond donors (Lipinski definition) is 0. The van der Waals surface area contributed by atoms with Crippen LogP contribution in [0.25, 0.3) is 0 Å². The van der Waals surface area contributed by atoms with Crippen molar-refractivity contribution in [3.8, 4) is 0 Å². The molecular formula is C12H16N2O. The minimum Gasteiger partial charge on any atom is -0.425 e. The zero-order chi connectivity index (χ0) is 10.7. The van der Waals surface area contributed by atoms with Crippen molar-refractivity contribution in [2.24, 2.45) is 0 Å². The van der Waals surface area contributed by atoms with Crippen molar-refractivity contribution in [1.29, 1.82) is 0 Å². The Kier molecular flexibility index (Phi) is 2.81. The molecule has 0 fully saturated rings. The summed E-state index contributed by atoms with van der Waals surface area (Å²) in [7, 11) is 4.04. The van der Waals surface area contributed by atoms with E-state index in [1.807, 2.05) is 38.4 Å². The molecule has 0 aromatic heterocycles. The molecule has 0 bridgehead atoms. The van der Waals surface area contributed by atoms with Gasteiger partial charge in [0.25, 0.3) is 0 Å². The topological polar surface area (TPSA) is 15.7 Å². The van der Waals surface area contributed by atoms with E-state index in [-0.39, 0.29) is 0 Å². The summed E-state index contributed by atoms with van der Waals surface area (Å²) in [6.07, 6.45) is 12.2. The highest BCUT2D eigenvalue weighted by molar-refractivity contribution is 5.18. The smallest absolute Gasteiger partial charge is 0.197 e. The van der Waals surface area contributed by atoms with Crippen molar-refractivity contribution in [3.63, 3.8) is 0 Å². The summed E-state index contributed by atoms with van der Waals surface area (Å²) in [5, 5.41) is 0. The van der Waals surface area contributed by atoms with Gasteiger partial charge in [-0.2, -0.15) is 0 Å². The number of rotatable bonds is 2. The van der Waals surface area contributed by atoms with E-state index < -0.39 is 0 Å². The molecule has 0 saturated carbocycles. The van der Waals surface area contributed by atoms with Crippen LogP contribution in [0.15, 0.2) is 48.2 Å². The Labute approximate surface area is 90.6 Å². The van der Waals surface area contributed by atoms with Gasteiger partial charge in [-0.05, 0) is 12.2 Å². The lowest BCUT2D eigenvalue weighted by Gasteiger charge is -2.28. The summed E-state index contributed by atoms with van der Waals surface area (Å²) in [5.41, 5.74) is 0. The molecule has 80 valence electrons. The molecule has 0 aliphatic carbocycles. The number of likely N-dealkylation sites (N-methyl/N-ethyl adjacent to an activating group) is 2. The van der Waals surface area contributed by atoms with E-state index in [2.05, 4.69) is 22.0 Å². The molecule has 0 aromatic rings. The second-order valence-electron chi connectivity index (χ2n) is 3.73. The predicted molar refractivity (Wildman–Crippen MR) is 60.8 cm³/mol. The summed E-state index contributed by atoms with van der Waals surface area (Å²) in [6.45, 7) is 1.80. The van der Waals surface area contributed by atoms with Crippen molar-refractivity contribution in [2.75, 3.05) is 27.2 Å². The van der Waals surface area contributed by atoms with Crippen molar-refractivity contribution < 1.29 is 4.74 Å². The Morgan fingerprint density at radius 2 is 1.40 bits per heavy atom. The molecule has 0 atom stereocenters. The highest BCUT2D eigenvalue weighted by Crippen LogP contribution is 2.17. The number of allylic oxidation sites excluding steroid dienone is 4. The van der Waals surface area contributed by atoms with Gasteiger partial charge in [-0.1, -0.05) is 24.3 Å². The van der Waals surface area contributed by atoms with E-state index in [4.69, 9.17) is 4.74 Å². The molecule has 0 saturated heterocycles. The van der Waals surface area contributed by atoms with Crippen LogP contribution < -0.4 is 0 Å². The Morgan fingerprint density at radius 3 is 1.80 bits per heavy atom. The SMILES string of the molecule is CN1CC=CC=C1OC1=CC=CCN1C. The highest BCUT2D eigenvalue weighted by Gasteiger charge is 2.13. The maximum Gasteiger partial charge on any atom is 0.197 e. The zero-order valence-electron chi connectivity index (χ0n) is 9.18. The van der Waals surface area contributed by atoms with Crippen LogP contribution in [0.4, 0.5) is 0 Å². The van der Waals surface area contributed by atoms with Gasteiger partial charge in [0.1, 0.15) is 0 Å². The lowest BCUT2D eigenvalue weighted by atomic mass is 10.3. The lowest BCUT2D eigenvalue weighted by molar-refractivity contribution is 0.130. The van der Waals surface area contributed by atoms with Gasteiger partial charge in [0.05, 0.1) is 0 Å². The fraction of sp³-hybridized carbons (Fsp3) is 0.333. The molecule has 2 aliphatic heterocycles. The Hall–Kier alpha value is -1.64. The van der Waals surface area contributed by atoms with E-state index in [0.717, 1.165) is 24.9 Å². The first-order valence-electron chi connectivity index (χ1n) is 5.11. The third-order valence-electron chi connectivity index (χ3n) is 2.47. The third-order valence-corrected chi connectivity index (χ3v) is 2.47. The fourth-order valence-corrected chi connectivity index (χ4v) is 1.50. The van der Waals surface area contributed by atoms with E-state index in [1.165, 1.54) is 0 Å². The van der Waals surface area contributed by atoms with Crippen LogP contribution in [-0.4, -0.2) is 37.0 Å². The molecule has 2 aliphatic rings. The van der Waals surface area contributed by atoms with Crippen molar-refractivity contribution in [1.82, 2.24) is 9.80 Å². The second kappa shape index (κ2) is 4.26. The van der Waals surface area contributed by atoms with Crippen LogP contribution >= 0.6 is 0 Å². The van der Waals surface area contributed by atoms with Crippen molar-refractivity contribution in [2.45, 2.75) is 0 Å². The van der Waals surface area contributed by atoms with Crippen LogP contribution in [-0.2, 0) is 4.74 Å². The standard InChI is InChI=1S/C12H16N2O/c1-13-9-5-3-7-11(13)15-12-8-4-6-10-14(12)2/h3-8H,9-10H2,1-2H3. The molecule has 2 rings (SSSR count). The molecule has 0 radical (unpaired) electrons. The maximum atomic E-state index is 5.83. The van der Waals surface area contributed by atoms with E-state index in [1.54, 1.807) is 0 Å². The highest BCUT2D eigenvalue weighted by atomic mass is 16.5. The van der Waals surface area contributed by atoms with E-state index >= 15 is 0 Å². The van der Waals surface area contributed by atoms with Crippen molar-refractivity contribution >= 4 is 0 Å². The van der Waals surface area contributed by atoms with Gasteiger partial charge < -0.3 is 14.5 Å². The number of nitrogens with zero attached hydrogens (tertiary/aromatic N) is 2. The predicted octanol–water partition coefficient (Wildman–Crippen LogP) is 1.69. The molecule has 0 spiro atoms. The Balaban J connectivity index is 2.07. The van der Waals surface area contributed by atoms with Gasteiger partial charge >= 0.3 is 0 Å². The lowest BCUT2D eigenvalue weighted by Crippen LogP contribution is -2.27. The fourth-order valence-electron chi connectivity index (χ4n) is 1.50. The molecule has 15 heavy (non-hydrogen) atoms. The van der Waals surface area contributed by atoms with Crippen LogP contribution in [0.3, 0.4) is 0 Å². The maximum absolute atomic E-state index is 5.83. The Morgan fingerprint density at radius 1 is 0.933 bits per heavy atom. The molecular weight excluding hydrogens is 188 g/mol. The van der Waals surface area contributed by atoms with Crippen LogP contribution in [0.1, 0.15) is 0 Å². The molecule has 0 amide bonds. The molecule has 0 unspecified atom stereocenters. The Bertz CT molecular complexity index is 319. The van der Waals surface area contributed by atoms with E-state index in [9.17, 15) is 0 Å². The van der Waals surface area contributed by atoms with Gasteiger partial charge in [-0.15, -0.1) is 0 Å². The normalized spacial score (nSPS) is 20.1. The quantitative estimate of drug-likeness (QED) is 0.680. The summed E-state index contributed by atoms with van der Waals surface area (Å²) in [6, 6.07) is 0. The van der Waals surface area contributed by atoms with Gasteiger partial charge in [-0.25, -0.2) is 0 Å². The van der Waals surface area contributed by atoms with Crippen LogP contribution in [0, 0.1) is 0 Å². The molecule has 3 nitrogen and oxygen atoms in total. The number of hydrogen-bond acceptors (Lipinski definition) is 3. The van der Waals surface area contributed by atoms with Crippen LogP contribution in [0.2, 0.25) is 0 Å². The monoisotopic (exact) mass is 204 g/mol. The van der Waals surface area contributed by atoms with Crippen molar-refractivity contribution in [3.05, 3.63) is 48.2 Å². The largest absolute Gasteiger partial charge is 0.425 e. The van der Waals surface area contributed by atoms with Gasteiger partial charge in [0.2, 0.25) is 0 Å². The average molecular weight is 204 g/mol. The first-order valence-corrected chi connectivity index (χ1v) is 5.11. The first-order chi connectivity index (χ1) is 7.27. The minimum absolute atomic E-state index is 0.894. The first kappa shape index (κ1) is 9.90. The van der Waals surface area contributed by atoms with E-state index in [0.29, 0.717) is 0 Å². The zero-order valence-corrected chi connectivity index (χ0v) is 9.18. The minimum atomic E-state index is 0.894. The summed E-state index contributed by atoms with van der Waals surface area (Å²) < 4.78 is 5.83. The van der Waals surface area contributed by atoms with Gasteiger partial charge in [-0.3, -0.25) is 0 Å². The van der Waals surface area contributed by atoms with Gasteiger partial charge in [0, 0.05) is 27.2 Å². The summed E-state index contributed by atoms with van der Waals surface area (Å²) in [4.78, 5) is 4.15. The number of ether oxygens (including phenoxy) is 1. The summed E-state index contributed by atoms with van der Waals surface area (Å²) in [5.74, 6) is 1.79. The second-order valence-corrected chi connectivity index (χ2v) is 3.73. The molecule has 2 heterocycles. The molecule has 0 aromatic carbocycles. The van der Waals surface area contributed by atoms with Crippen LogP contribution in [0.5, 0.6) is 0 Å².